The van der Waals surface area contributed by atoms with Crippen molar-refractivity contribution in [2.45, 2.75) is 32.9 Å². The fourth-order valence-electron chi connectivity index (χ4n) is 1.83. The summed E-state index contributed by atoms with van der Waals surface area (Å²) in [6.45, 7) is 6.38. The SMILES string of the molecule is COc1cc(OC)cc(C(=O)OC[C@H](C)NC(C)C)c1. The van der Waals surface area contributed by atoms with Crippen LogP contribution >= 0.6 is 0 Å². The van der Waals surface area contributed by atoms with Crippen molar-refractivity contribution in [3.8, 4) is 11.5 Å². The normalized spacial score (nSPS) is 12.1. The fourth-order valence-corrected chi connectivity index (χ4v) is 1.83. The molecule has 0 aliphatic heterocycles. The van der Waals surface area contributed by atoms with E-state index in [1.54, 1.807) is 32.4 Å². The Morgan fingerprint density at radius 2 is 1.65 bits per heavy atom. The highest BCUT2D eigenvalue weighted by Gasteiger charge is 2.13. The minimum absolute atomic E-state index is 0.103. The van der Waals surface area contributed by atoms with Gasteiger partial charge in [-0.1, -0.05) is 13.8 Å². The molecule has 0 saturated heterocycles. The molecule has 0 amide bonds. The lowest BCUT2D eigenvalue weighted by molar-refractivity contribution is 0.0468. The summed E-state index contributed by atoms with van der Waals surface area (Å²) < 4.78 is 15.5. The Morgan fingerprint density at radius 3 is 2.10 bits per heavy atom. The van der Waals surface area contributed by atoms with Crippen molar-refractivity contribution in [3.63, 3.8) is 0 Å². The highest BCUT2D eigenvalue weighted by atomic mass is 16.5. The first-order valence-electron chi connectivity index (χ1n) is 6.62. The Hall–Kier alpha value is -1.75. The van der Waals surface area contributed by atoms with Crippen LogP contribution in [0, 0.1) is 0 Å². The van der Waals surface area contributed by atoms with Gasteiger partial charge in [0.1, 0.15) is 18.1 Å². The number of carbonyl (C=O) groups is 1. The minimum Gasteiger partial charge on any atom is -0.497 e. The Morgan fingerprint density at radius 1 is 1.10 bits per heavy atom. The first-order chi connectivity index (χ1) is 9.46. The third-order valence-electron chi connectivity index (χ3n) is 2.67. The van der Waals surface area contributed by atoms with Crippen molar-refractivity contribution in [1.29, 1.82) is 0 Å². The first-order valence-corrected chi connectivity index (χ1v) is 6.62. The van der Waals surface area contributed by atoms with Crippen LogP contribution in [0.15, 0.2) is 18.2 Å². The van der Waals surface area contributed by atoms with Crippen molar-refractivity contribution in [2.75, 3.05) is 20.8 Å². The number of esters is 1. The largest absolute Gasteiger partial charge is 0.497 e. The zero-order valence-corrected chi connectivity index (χ0v) is 12.7. The summed E-state index contributed by atoms with van der Waals surface area (Å²) in [7, 11) is 3.08. The van der Waals surface area contributed by atoms with E-state index in [2.05, 4.69) is 5.32 Å². The number of hydrogen-bond acceptors (Lipinski definition) is 5. The Labute approximate surface area is 120 Å². The number of hydrogen-bond donors (Lipinski definition) is 1. The summed E-state index contributed by atoms with van der Waals surface area (Å²) in [5.74, 6) is 0.730. The van der Waals surface area contributed by atoms with E-state index in [9.17, 15) is 4.79 Å². The number of ether oxygens (including phenoxy) is 3. The molecule has 0 radical (unpaired) electrons. The maximum absolute atomic E-state index is 12.0. The first kappa shape index (κ1) is 16.3. The van der Waals surface area contributed by atoms with Crippen LogP contribution in [-0.2, 0) is 4.74 Å². The quantitative estimate of drug-likeness (QED) is 0.777. The van der Waals surface area contributed by atoms with Gasteiger partial charge in [-0.2, -0.15) is 0 Å². The van der Waals surface area contributed by atoms with Crippen LogP contribution < -0.4 is 14.8 Å². The molecular formula is C15H23NO4. The molecule has 1 rings (SSSR count). The predicted molar refractivity (Wildman–Crippen MR) is 77.6 cm³/mol. The van der Waals surface area contributed by atoms with Gasteiger partial charge in [0.2, 0.25) is 0 Å². The molecule has 0 aromatic heterocycles. The molecule has 1 atom stereocenters. The number of methoxy groups -OCH3 is 2. The van der Waals surface area contributed by atoms with Crippen LogP contribution in [0.25, 0.3) is 0 Å². The van der Waals surface area contributed by atoms with Gasteiger partial charge in [0.25, 0.3) is 0 Å². The fraction of sp³-hybridized carbons (Fsp3) is 0.533. The standard InChI is InChI=1S/C15H23NO4/c1-10(2)16-11(3)9-20-15(17)12-6-13(18-4)8-14(7-12)19-5/h6-8,10-11,16H,9H2,1-5H3/t11-/m0/s1. The number of benzene rings is 1. The van der Waals surface area contributed by atoms with E-state index in [-0.39, 0.29) is 12.0 Å². The van der Waals surface area contributed by atoms with Crippen LogP contribution in [0.5, 0.6) is 11.5 Å². The summed E-state index contributed by atoms with van der Waals surface area (Å²) in [6, 6.07) is 5.42. The highest BCUT2D eigenvalue weighted by Crippen LogP contribution is 2.22. The molecular weight excluding hydrogens is 258 g/mol. The molecule has 0 spiro atoms. The minimum atomic E-state index is -0.389. The average molecular weight is 281 g/mol. The van der Waals surface area contributed by atoms with Gasteiger partial charge in [-0.15, -0.1) is 0 Å². The van der Waals surface area contributed by atoms with Gasteiger partial charge in [-0.3, -0.25) is 0 Å². The van der Waals surface area contributed by atoms with Gasteiger partial charge in [0.05, 0.1) is 19.8 Å². The van der Waals surface area contributed by atoms with Crippen LogP contribution in [0.1, 0.15) is 31.1 Å². The summed E-state index contributed by atoms with van der Waals surface area (Å²) >= 11 is 0. The second-order valence-corrected chi connectivity index (χ2v) is 4.92. The smallest absolute Gasteiger partial charge is 0.338 e. The van der Waals surface area contributed by atoms with Crippen molar-refractivity contribution in [3.05, 3.63) is 23.8 Å². The van der Waals surface area contributed by atoms with Crippen LogP contribution in [0.2, 0.25) is 0 Å². The number of nitrogens with one attached hydrogen (secondary N) is 1. The van der Waals surface area contributed by atoms with Gasteiger partial charge >= 0.3 is 5.97 Å². The van der Waals surface area contributed by atoms with Crippen molar-refractivity contribution < 1.29 is 19.0 Å². The highest BCUT2D eigenvalue weighted by molar-refractivity contribution is 5.90. The van der Waals surface area contributed by atoms with Crippen molar-refractivity contribution >= 4 is 5.97 Å². The second-order valence-electron chi connectivity index (χ2n) is 4.92. The van der Waals surface area contributed by atoms with Crippen molar-refractivity contribution in [2.24, 2.45) is 0 Å². The Balaban J connectivity index is 2.67. The van der Waals surface area contributed by atoms with E-state index in [4.69, 9.17) is 14.2 Å². The van der Waals surface area contributed by atoms with E-state index in [0.717, 1.165) is 0 Å². The monoisotopic (exact) mass is 281 g/mol. The molecule has 0 fully saturated rings. The van der Waals surface area contributed by atoms with Gasteiger partial charge < -0.3 is 19.5 Å². The zero-order chi connectivity index (χ0) is 15.1. The molecule has 0 aliphatic rings. The maximum atomic E-state index is 12.0. The molecule has 5 nitrogen and oxygen atoms in total. The van der Waals surface area contributed by atoms with Gasteiger partial charge in [0.15, 0.2) is 0 Å². The molecule has 0 unspecified atom stereocenters. The second kappa shape index (κ2) is 7.75. The van der Waals surface area contributed by atoms with E-state index >= 15 is 0 Å². The number of carbonyl (C=O) groups excluding carboxylic acids is 1. The summed E-state index contributed by atoms with van der Waals surface area (Å²) in [6.07, 6.45) is 0. The molecule has 0 heterocycles. The summed E-state index contributed by atoms with van der Waals surface area (Å²) in [5, 5.41) is 3.27. The summed E-state index contributed by atoms with van der Waals surface area (Å²) in [5.41, 5.74) is 0.415. The van der Waals surface area contributed by atoms with Gasteiger partial charge in [0, 0.05) is 18.2 Å². The van der Waals surface area contributed by atoms with E-state index in [0.29, 0.717) is 29.7 Å². The molecule has 20 heavy (non-hydrogen) atoms. The maximum Gasteiger partial charge on any atom is 0.338 e. The Kier molecular flexibility index (Phi) is 6.31. The van der Waals surface area contributed by atoms with E-state index in [1.807, 2.05) is 20.8 Å². The van der Waals surface area contributed by atoms with Crippen molar-refractivity contribution in [1.82, 2.24) is 5.32 Å². The van der Waals surface area contributed by atoms with Crippen LogP contribution in [0.4, 0.5) is 0 Å². The lowest BCUT2D eigenvalue weighted by Crippen LogP contribution is -2.36. The predicted octanol–water partition coefficient (Wildman–Crippen LogP) is 2.25. The molecule has 1 aromatic carbocycles. The molecule has 112 valence electrons. The molecule has 0 bridgehead atoms. The third-order valence-corrected chi connectivity index (χ3v) is 2.67. The summed E-state index contributed by atoms with van der Waals surface area (Å²) in [4.78, 5) is 12.0. The molecule has 0 saturated carbocycles. The topological polar surface area (TPSA) is 56.8 Å². The third kappa shape index (κ3) is 5.09. The molecule has 1 N–H and O–H groups in total. The number of rotatable bonds is 7. The molecule has 1 aromatic rings. The Bertz CT molecular complexity index is 423. The molecule has 0 aliphatic carbocycles. The van der Waals surface area contributed by atoms with Crippen LogP contribution in [-0.4, -0.2) is 38.9 Å². The van der Waals surface area contributed by atoms with Gasteiger partial charge in [-0.25, -0.2) is 4.79 Å². The lowest BCUT2D eigenvalue weighted by atomic mass is 10.2. The van der Waals surface area contributed by atoms with Gasteiger partial charge in [-0.05, 0) is 19.1 Å². The zero-order valence-electron chi connectivity index (χ0n) is 12.7. The van der Waals surface area contributed by atoms with Crippen LogP contribution in [0.3, 0.4) is 0 Å². The van der Waals surface area contributed by atoms with E-state index < -0.39 is 0 Å². The van der Waals surface area contributed by atoms with E-state index in [1.165, 1.54) is 0 Å². The lowest BCUT2D eigenvalue weighted by Gasteiger charge is -2.17. The molecule has 5 heteroatoms. The average Bonchev–Trinajstić information content (AvgIpc) is 2.43.